The van der Waals surface area contributed by atoms with Gasteiger partial charge >= 0.3 is 5.97 Å². The van der Waals surface area contributed by atoms with Crippen molar-refractivity contribution >= 4 is 16.0 Å². The van der Waals surface area contributed by atoms with Crippen LogP contribution in [-0.2, 0) is 19.6 Å². The van der Waals surface area contributed by atoms with Crippen molar-refractivity contribution in [3.05, 3.63) is 0 Å². The van der Waals surface area contributed by atoms with Gasteiger partial charge in [-0.05, 0) is 39.0 Å². The van der Waals surface area contributed by atoms with E-state index in [9.17, 15) is 13.2 Å². The van der Waals surface area contributed by atoms with Crippen molar-refractivity contribution in [2.45, 2.75) is 45.6 Å². The Morgan fingerprint density at radius 1 is 1.39 bits per heavy atom. The molecule has 1 aliphatic rings. The highest BCUT2D eigenvalue weighted by molar-refractivity contribution is 7.89. The molecule has 1 saturated carbocycles. The summed E-state index contributed by atoms with van der Waals surface area (Å²) < 4.78 is 30.4. The second-order valence-electron chi connectivity index (χ2n) is 5.10. The van der Waals surface area contributed by atoms with Gasteiger partial charge in [-0.1, -0.05) is 0 Å². The van der Waals surface area contributed by atoms with Crippen LogP contribution in [0.5, 0.6) is 0 Å². The summed E-state index contributed by atoms with van der Waals surface area (Å²) in [6.45, 7) is 4.40. The van der Waals surface area contributed by atoms with Crippen molar-refractivity contribution in [2.24, 2.45) is 5.92 Å². The summed E-state index contributed by atoms with van der Waals surface area (Å²) in [4.78, 5) is 11.0. The van der Waals surface area contributed by atoms with Crippen molar-refractivity contribution in [3.8, 4) is 0 Å². The third-order valence-electron chi connectivity index (χ3n) is 3.08. The van der Waals surface area contributed by atoms with Crippen LogP contribution < -0.4 is 0 Å². The second-order valence-corrected chi connectivity index (χ2v) is 7.14. The van der Waals surface area contributed by atoms with E-state index < -0.39 is 10.0 Å². The monoisotopic (exact) mass is 277 g/mol. The Kier molecular flexibility index (Phi) is 5.59. The van der Waals surface area contributed by atoms with Crippen molar-refractivity contribution in [1.29, 1.82) is 0 Å². The molecule has 0 aromatic heterocycles. The first-order valence-electron chi connectivity index (χ1n) is 6.43. The van der Waals surface area contributed by atoms with Gasteiger partial charge in [0.05, 0.1) is 12.9 Å². The maximum atomic E-state index is 12.2. The summed E-state index contributed by atoms with van der Waals surface area (Å²) in [6.07, 6.45) is 2.73. The Bertz CT molecular complexity index is 374. The molecule has 0 aliphatic heterocycles. The number of methoxy groups -OCH3 is 1. The molecule has 106 valence electrons. The summed E-state index contributed by atoms with van der Waals surface area (Å²) in [5, 5.41) is 0. The lowest BCUT2D eigenvalue weighted by Crippen LogP contribution is -2.40. The number of esters is 1. The Morgan fingerprint density at radius 3 is 2.44 bits per heavy atom. The third kappa shape index (κ3) is 4.94. The number of carbonyl (C=O) groups excluding carboxylic acids is 1. The Labute approximate surface area is 110 Å². The molecule has 18 heavy (non-hydrogen) atoms. The largest absolute Gasteiger partial charge is 0.469 e. The molecule has 0 atom stereocenters. The second kappa shape index (κ2) is 6.52. The number of rotatable bonds is 8. The minimum Gasteiger partial charge on any atom is -0.469 e. The number of ether oxygens (including phenoxy) is 1. The Hall–Kier alpha value is -0.620. The Balaban J connectivity index is 2.49. The normalized spacial score (nSPS) is 16.3. The SMILES string of the molecule is COC(=O)CCCS(=O)(=O)N(CC1CC1)C(C)C. The molecule has 0 aromatic carbocycles. The van der Waals surface area contributed by atoms with Crippen molar-refractivity contribution in [2.75, 3.05) is 19.4 Å². The van der Waals surface area contributed by atoms with E-state index in [0.717, 1.165) is 12.8 Å². The van der Waals surface area contributed by atoms with Crippen molar-refractivity contribution in [3.63, 3.8) is 0 Å². The zero-order valence-corrected chi connectivity index (χ0v) is 12.2. The molecule has 0 heterocycles. The van der Waals surface area contributed by atoms with Crippen LogP contribution in [-0.4, -0.2) is 44.1 Å². The molecule has 6 heteroatoms. The smallest absolute Gasteiger partial charge is 0.305 e. The van der Waals surface area contributed by atoms with Gasteiger partial charge in [0.1, 0.15) is 0 Å². The van der Waals surface area contributed by atoms with Crippen LogP contribution in [0.25, 0.3) is 0 Å². The summed E-state index contributed by atoms with van der Waals surface area (Å²) in [5.74, 6) is 0.193. The van der Waals surface area contributed by atoms with Crippen LogP contribution in [0.3, 0.4) is 0 Å². The number of hydrogen-bond acceptors (Lipinski definition) is 4. The molecule has 0 aromatic rings. The lowest BCUT2D eigenvalue weighted by atomic mass is 10.3. The van der Waals surface area contributed by atoms with Crippen LogP contribution in [0, 0.1) is 5.92 Å². The maximum absolute atomic E-state index is 12.2. The Morgan fingerprint density at radius 2 is 2.00 bits per heavy atom. The van der Waals surface area contributed by atoms with Crippen LogP contribution in [0.15, 0.2) is 0 Å². The van der Waals surface area contributed by atoms with Crippen LogP contribution in [0.4, 0.5) is 0 Å². The van der Waals surface area contributed by atoms with E-state index >= 15 is 0 Å². The van der Waals surface area contributed by atoms with Gasteiger partial charge in [-0.15, -0.1) is 0 Å². The molecule has 1 aliphatic carbocycles. The zero-order valence-electron chi connectivity index (χ0n) is 11.4. The predicted molar refractivity (Wildman–Crippen MR) is 69.6 cm³/mol. The maximum Gasteiger partial charge on any atom is 0.305 e. The van der Waals surface area contributed by atoms with E-state index in [1.54, 1.807) is 4.31 Å². The van der Waals surface area contributed by atoms with Gasteiger partial charge in [-0.25, -0.2) is 8.42 Å². The van der Waals surface area contributed by atoms with Gasteiger partial charge < -0.3 is 4.74 Å². The lowest BCUT2D eigenvalue weighted by Gasteiger charge is -2.25. The van der Waals surface area contributed by atoms with Gasteiger partial charge in [0.25, 0.3) is 0 Å². The summed E-state index contributed by atoms with van der Waals surface area (Å²) in [6, 6.07) is -0.0197. The van der Waals surface area contributed by atoms with Gasteiger partial charge in [0, 0.05) is 19.0 Å². The minimum absolute atomic E-state index is 0.0197. The highest BCUT2D eigenvalue weighted by atomic mass is 32.2. The van der Waals surface area contributed by atoms with E-state index in [1.165, 1.54) is 7.11 Å². The molecule has 0 saturated heterocycles. The van der Waals surface area contributed by atoms with Gasteiger partial charge in [-0.3, -0.25) is 4.79 Å². The average molecular weight is 277 g/mol. The lowest BCUT2D eigenvalue weighted by molar-refractivity contribution is -0.140. The fourth-order valence-electron chi connectivity index (χ4n) is 1.82. The third-order valence-corrected chi connectivity index (χ3v) is 5.17. The average Bonchev–Trinajstić information content (AvgIpc) is 3.08. The molecule has 0 bridgehead atoms. The molecule has 1 fully saturated rings. The molecule has 1 rings (SSSR count). The van der Waals surface area contributed by atoms with E-state index in [0.29, 0.717) is 18.9 Å². The molecule has 5 nitrogen and oxygen atoms in total. The highest BCUT2D eigenvalue weighted by Gasteiger charge is 2.31. The van der Waals surface area contributed by atoms with Crippen LogP contribution in [0.2, 0.25) is 0 Å². The van der Waals surface area contributed by atoms with Crippen molar-refractivity contribution in [1.82, 2.24) is 4.31 Å². The first-order valence-corrected chi connectivity index (χ1v) is 8.04. The first-order chi connectivity index (χ1) is 8.36. The minimum atomic E-state index is -3.26. The molecular formula is C12H23NO4S. The summed E-state index contributed by atoms with van der Waals surface area (Å²) in [5.41, 5.74) is 0. The number of nitrogens with zero attached hydrogens (tertiary/aromatic N) is 1. The fourth-order valence-corrected chi connectivity index (χ4v) is 3.64. The van der Waals surface area contributed by atoms with E-state index in [-0.39, 0.29) is 24.2 Å². The molecule has 0 spiro atoms. The number of sulfonamides is 1. The number of hydrogen-bond donors (Lipinski definition) is 0. The van der Waals surface area contributed by atoms with Crippen molar-refractivity contribution < 1.29 is 17.9 Å². The highest BCUT2D eigenvalue weighted by Crippen LogP contribution is 2.31. The fraction of sp³-hybridized carbons (Fsp3) is 0.917. The first kappa shape index (κ1) is 15.4. The molecule has 0 radical (unpaired) electrons. The van der Waals surface area contributed by atoms with Gasteiger partial charge in [0.15, 0.2) is 0 Å². The zero-order chi connectivity index (χ0) is 13.8. The standard InChI is InChI=1S/C12H23NO4S/c1-10(2)13(9-11-6-7-11)18(15,16)8-4-5-12(14)17-3/h10-11H,4-9H2,1-3H3. The van der Waals surface area contributed by atoms with Crippen LogP contribution in [0.1, 0.15) is 39.5 Å². The molecule has 0 N–H and O–H groups in total. The molecule has 0 amide bonds. The van der Waals surface area contributed by atoms with Gasteiger partial charge in [0.2, 0.25) is 10.0 Å². The molecule has 0 unspecified atom stereocenters. The quantitative estimate of drug-likeness (QED) is 0.629. The summed E-state index contributed by atoms with van der Waals surface area (Å²) >= 11 is 0. The predicted octanol–water partition coefficient (Wildman–Crippen LogP) is 1.39. The van der Waals surface area contributed by atoms with Gasteiger partial charge in [-0.2, -0.15) is 4.31 Å². The summed E-state index contributed by atoms with van der Waals surface area (Å²) in [7, 11) is -1.95. The topological polar surface area (TPSA) is 63.7 Å². The van der Waals surface area contributed by atoms with E-state index in [1.807, 2.05) is 13.8 Å². The van der Waals surface area contributed by atoms with Crippen LogP contribution >= 0.6 is 0 Å². The molecular weight excluding hydrogens is 254 g/mol. The van der Waals surface area contributed by atoms with E-state index in [2.05, 4.69) is 4.74 Å². The number of carbonyl (C=O) groups is 1. The van der Waals surface area contributed by atoms with E-state index in [4.69, 9.17) is 0 Å².